The van der Waals surface area contributed by atoms with Crippen LogP contribution in [0.4, 0.5) is 11.5 Å². The standard InChI is InChI=1S/C21H26N4O4/c1-4-14(2)25-18(11-12-22-25)23-20(27)15(3)29-21(28)16-7-9-17(10-8-16)24-13-5-6-19(24)26/h7-12,14-15H,4-6,13H2,1-3H3,(H,23,27)/t14-,15+/m0/s1. The van der Waals surface area contributed by atoms with Gasteiger partial charge in [-0.2, -0.15) is 5.10 Å². The van der Waals surface area contributed by atoms with Crippen LogP contribution in [0.25, 0.3) is 0 Å². The van der Waals surface area contributed by atoms with Crippen molar-refractivity contribution < 1.29 is 19.1 Å². The van der Waals surface area contributed by atoms with E-state index >= 15 is 0 Å². The summed E-state index contributed by atoms with van der Waals surface area (Å²) in [6, 6.07) is 8.48. The molecule has 2 aromatic rings. The Balaban J connectivity index is 1.59. The number of ether oxygens (including phenoxy) is 1. The second-order valence-electron chi connectivity index (χ2n) is 7.15. The number of nitrogens with zero attached hydrogens (tertiary/aromatic N) is 3. The molecule has 3 rings (SSSR count). The third-order valence-corrected chi connectivity index (χ3v) is 5.07. The molecule has 2 heterocycles. The average molecular weight is 398 g/mol. The minimum atomic E-state index is -0.970. The Morgan fingerprint density at radius 2 is 1.93 bits per heavy atom. The zero-order valence-corrected chi connectivity index (χ0v) is 16.9. The van der Waals surface area contributed by atoms with E-state index in [1.165, 1.54) is 6.92 Å². The first-order chi connectivity index (χ1) is 13.9. The normalized spacial score (nSPS) is 15.8. The van der Waals surface area contributed by atoms with Crippen molar-refractivity contribution in [3.8, 4) is 0 Å². The van der Waals surface area contributed by atoms with Crippen LogP contribution in [0.15, 0.2) is 36.5 Å². The van der Waals surface area contributed by atoms with Gasteiger partial charge >= 0.3 is 5.97 Å². The third kappa shape index (κ3) is 4.64. The van der Waals surface area contributed by atoms with Crippen molar-refractivity contribution in [3.05, 3.63) is 42.1 Å². The molecular formula is C21H26N4O4. The molecule has 1 N–H and O–H groups in total. The summed E-state index contributed by atoms with van der Waals surface area (Å²) < 4.78 is 7.03. The summed E-state index contributed by atoms with van der Waals surface area (Å²) in [5, 5.41) is 6.97. The van der Waals surface area contributed by atoms with E-state index in [9.17, 15) is 14.4 Å². The van der Waals surface area contributed by atoms with E-state index in [2.05, 4.69) is 10.4 Å². The smallest absolute Gasteiger partial charge is 0.338 e. The highest BCUT2D eigenvalue weighted by atomic mass is 16.5. The molecule has 0 spiro atoms. The van der Waals surface area contributed by atoms with Crippen LogP contribution in [-0.4, -0.2) is 40.2 Å². The Bertz CT molecular complexity index is 890. The predicted octanol–water partition coefficient (Wildman–Crippen LogP) is 3.16. The number of anilines is 2. The SMILES string of the molecule is CC[C@H](C)n1nccc1NC(=O)[C@@H](C)OC(=O)c1ccc(N2CCCC2=O)cc1. The fraction of sp³-hybridized carbons (Fsp3) is 0.429. The van der Waals surface area contributed by atoms with Gasteiger partial charge in [0, 0.05) is 24.7 Å². The largest absolute Gasteiger partial charge is 0.449 e. The quantitative estimate of drug-likeness (QED) is 0.723. The molecule has 1 aromatic heterocycles. The van der Waals surface area contributed by atoms with Gasteiger partial charge in [0.25, 0.3) is 5.91 Å². The van der Waals surface area contributed by atoms with Gasteiger partial charge in [0.15, 0.2) is 6.10 Å². The molecule has 1 aliphatic heterocycles. The number of aromatic nitrogens is 2. The van der Waals surface area contributed by atoms with Crippen LogP contribution in [0, 0.1) is 0 Å². The molecule has 0 bridgehead atoms. The molecule has 2 amide bonds. The molecule has 2 atom stereocenters. The van der Waals surface area contributed by atoms with Crippen molar-refractivity contribution in [1.82, 2.24) is 9.78 Å². The summed E-state index contributed by atoms with van der Waals surface area (Å²) in [4.78, 5) is 38.3. The summed E-state index contributed by atoms with van der Waals surface area (Å²) >= 11 is 0. The van der Waals surface area contributed by atoms with E-state index in [1.54, 1.807) is 46.1 Å². The van der Waals surface area contributed by atoms with Gasteiger partial charge in [0.2, 0.25) is 5.91 Å². The van der Waals surface area contributed by atoms with Gasteiger partial charge in [-0.25, -0.2) is 9.48 Å². The first-order valence-electron chi connectivity index (χ1n) is 9.86. The van der Waals surface area contributed by atoms with Crippen molar-refractivity contribution >= 4 is 29.3 Å². The lowest BCUT2D eigenvalue weighted by molar-refractivity contribution is -0.123. The maximum atomic E-state index is 12.4. The number of benzene rings is 1. The topological polar surface area (TPSA) is 93.5 Å². The summed E-state index contributed by atoms with van der Waals surface area (Å²) in [5.41, 5.74) is 1.08. The van der Waals surface area contributed by atoms with Gasteiger partial charge in [-0.05, 0) is 51.0 Å². The maximum absolute atomic E-state index is 12.4. The van der Waals surface area contributed by atoms with Crippen molar-refractivity contribution in [2.45, 2.75) is 52.2 Å². The van der Waals surface area contributed by atoms with Gasteiger partial charge < -0.3 is 15.0 Å². The Hall–Kier alpha value is -3.16. The van der Waals surface area contributed by atoms with Crippen LogP contribution >= 0.6 is 0 Å². The highest BCUT2D eigenvalue weighted by Crippen LogP contribution is 2.22. The van der Waals surface area contributed by atoms with Crippen molar-refractivity contribution in [1.29, 1.82) is 0 Å². The van der Waals surface area contributed by atoms with Crippen molar-refractivity contribution in [3.63, 3.8) is 0 Å². The number of hydrogen-bond acceptors (Lipinski definition) is 5. The van der Waals surface area contributed by atoms with Gasteiger partial charge in [-0.1, -0.05) is 6.92 Å². The first kappa shape index (κ1) is 20.6. The molecule has 1 fully saturated rings. The maximum Gasteiger partial charge on any atom is 0.338 e. The van der Waals surface area contributed by atoms with E-state index in [1.807, 2.05) is 13.8 Å². The van der Waals surface area contributed by atoms with Crippen LogP contribution in [0.5, 0.6) is 0 Å². The minimum Gasteiger partial charge on any atom is -0.449 e. The Morgan fingerprint density at radius 3 is 2.55 bits per heavy atom. The van der Waals surface area contributed by atoms with E-state index in [0.717, 1.165) is 18.5 Å². The molecule has 0 aliphatic carbocycles. The van der Waals surface area contributed by atoms with Crippen molar-refractivity contribution in [2.24, 2.45) is 0 Å². The molecule has 29 heavy (non-hydrogen) atoms. The molecule has 1 saturated heterocycles. The van der Waals surface area contributed by atoms with Crippen LogP contribution in [0.1, 0.15) is 56.4 Å². The highest BCUT2D eigenvalue weighted by Gasteiger charge is 2.23. The Labute approximate surface area is 169 Å². The van der Waals surface area contributed by atoms with Gasteiger partial charge in [-0.15, -0.1) is 0 Å². The second kappa shape index (κ2) is 8.89. The lowest BCUT2D eigenvalue weighted by Crippen LogP contribution is -2.31. The molecule has 154 valence electrons. The van der Waals surface area contributed by atoms with E-state index < -0.39 is 18.0 Å². The van der Waals surface area contributed by atoms with E-state index in [0.29, 0.717) is 24.3 Å². The summed E-state index contributed by atoms with van der Waals surface area (Å²) in [7, 11) is 0. The van der Waals surface area contributed by atoms with Crippen LogP contribution < -0.4 is 10.2 Å². The Morgan fingerprint density at radius 1 is 1.21 bits per heavy atom. The molecule has 0 radical (unpaired) electrons. The fourth-order valence-corrected chi connectivity index (χ4v) is 3.15. The number of amides is 2. The summed E-state index contributed by atoms with van der Waals surface area (Å²) in [6.45, 7) is 6.25. The first-order valence-corrected chi connectivity index (χ1v) is 9.86. The van der Waals surface area contributed by atoms with Gasteiger partial charge in [0.05, 0.1) is 17.8 Å². The van der Waals surface area contributed by atoms with Crippen molar-refractivity contribution in [2.75, 3.05) is 16.8 Å². The molecule has 0 unspecified atom stereocenters. The van der Waals surface area contributed by atoms with Gasteiger partial charge in [0.1, 0.15) is 5.82 Å². The zero-order chi connectivity index (χ0) is 21.0. The lowest BCUT2D eigenvalue weighted by Gasteiger charge is -2.17. The number of hydrogen-bond donors (Lipinski definition) is 1. The van der Waals surface area contributed by atoms with Gasteiger partial charge in [-0.3, -0.25) is 9.59 Å². The highest BCUT2D eigenvalue weighted by molar-refractivity contribution is 5.98. The summed E-state index contributed by atoms with van der Waals surface area (Å²) in [6.07, 6.45) is 2.90. The number of rotatable bonds is 7. The zero-order valence-electron chi connectivity index (χ0n) is 16.9. The predicted molar refractivity (Wildman–Crippen MR) is 109 cm³/mol. The van der Waals surface area contributed by atoms with E-state index in [4.69, 9.17) is 4.74 Å². The number of carbonyl (C=O) groups excluding carboxylic acids is 3. The minimum absolute atomic E-state index is 0.0854. The molecule has 0 saturated carbocycles. The number of esters is 1. The molecular weight excluding hydrogens is 372 g/mol. The second-order valence-corrected chi connectivity index (χ2v) is 7.15. The molecule has 8 nitrogen and oxygen atoms in total. The van der Waals surface area contributed by atoms with Crippen LogP contribution in [0.3, 0.4) is 0 Å². The van der Waals surface area contributed by atoms with Crippen LogP contribution in [-0.2, 0) is 14.3 Å². The molecule has 8 heteroatoms. The number of carbonyl (C=O) groups is 3. The monoisotopic (exact) mass is 398 g/mol. The average Bonchev–Trinajstić information content (AvgIpc) is 3.36. The summed E-state index contributed by atoms with van der Waals surface area (Å²) in [5.74, 6) is -0.376. The van der Waals surface area contributed by atoms with Crippen LogP contribution in [0.2, 0.25) is 0 Å². The van der Waals surface area contributed by atoms with E-state index in [-0.39, 0.29) is 11.9 Å². The fourth-order valence-electron chi connectivity index (χ4n) is 3.15. The lowest BCUT2D eigenvalue weighted by atomic mass is 10.2. The molecule has 1 aromatic carbocycles. The Kier molecular flexibility index (Phi) is 6.31. The molecule has 1 aliphatic rings. The third-order valence-electron chi connectivity index (χ3n) is 5.07. The number of nitrogens with one attached hydrogen (secondary N) is 1.